The van der Waals surface area contributed by atoms with Crippen molar-refractivity contribution in [2.45, 2.75) is 51.6 Å². The third-order valence-corrected chi connectivity index (χ3v) is 4.68. The lowest BCUT2D eigenvalue weighted by Crippen LogP contribution is -2.42. The van der Waals surface area contributed by atoms with Gasteiger partial charge < -0.3 is 15.5 Å². The second kappa shape index (κ2) is 10.5. The molecular formula is C20H29IN4O. The van der Waals surface area contributed by atoms with E-state index in [1.54, 1.807) is 0 Å². The van der Waals surface area contributed by atoms with Crippen molar-refractivity contribution in [2.24, 2.45) is 4.99 Å². The van der Waals surface area contributed by atoms with Crippen LogP contribution in [0.1, 0.15) is 44.6 Å². The lowest BCUT2D eigenvalue weighted by Gasteiger charge is -2.26. The van der Waals surface area contributed by atoms with Gasteiger partial charge in [0.15, 0.2) is 5.96 Å². The number of hydrogen-bond donors (Lipinski definition) is 2. The predicted molar refractivity (Wildman–Crippen MR) is 118 cm³/mol. The van der Waals surface area contributed by atoms with Crippen molar-refractivity contribution in [2.75, 3.05) is 18.0 Å². The van der Waals surface area contributed by atoms with Crippen LogP contribution in [0.5, 0.6) is 0 Å². The number of guanidine groups is 1. The zero-order chi connectivity index (χ0) is 17.5. The molecule has 26 heavy (non-hydrogen) atoms. The molecule has 1 amide bonds. The molecule has 1 aliphatic carbocycles. The summed E-state index contributed by atoms with van der Waals surface area (Å²) < 4.78 is 0. The zero-order valence-corrected chi connectivity index (χ0v) is 17.7. The van der Waals surface area contributed by atoms with Crippen LogP contribution in [0.2, 0.25) is 0 Å². The van der Waals surface area contributed by atoms with Gasteiger partial charge in [-0.25, -0.2) is 4.99 Å². The van der Waals surface area contributed by atoms with Gasteiger partial charge in [0.05, 0.1) is 6.54 Å². The van der Waals surface area contributed by atoms with Crippen LogP contribution in [0.4, 0.5) is 5.69 Å². The highest BCUT2D eigenvalue weighted by Crippen LogP contribution is 2.21. The molecule has 2 aliphatic rings. The van der Waals surface area contributed by atoms with Gasteiger partial charge in [0.1, 0.15) is 0 Å². The molecule has 6 heteroatoms. The van der Waals surface area contributed by atoms with Crippen LogP contribution in [-0.4, -0.2) is 31.0 Å². The second-order valence-electron chi connectivity index (χ2n) is 6.65. The van der Waals surface area contributed by atoms with Gasteiger partial charge in [-0.2, -0.15) is 0 Å². The molecule has 5 nitrogen and oxygen atoms in total. The molecule has 0 radical (unpaired) electrons. The van der Waals surface area contributed by atoms with E-state index in [-0.39, 0.29) is 29.9 Å². The molecule has 0 saturated carbocycles. The molecular weight excluding hydrogens is 439 g/mol. The number of amides is 1. The SMILES string of the molecule is CCNC(=NCc1ccc(N2CCCCC2=O)cc1)NC1CC=CC1.I. The van der Waals surface area contributed by atoms with E-state index >= 15 is 0 Å². The number of aliphatic imine (C=N–C) groups is 1. The van der Waals surface area contributed by atoms with Gasteiger partial charge in [-0.3, -0.25) is 4.79 Å². The van der Waals surface area contributed by atoms with Gasteiger partial charge in [0, 0.05) is 31.2 Å². The standard InChI is InChI=1S/C20H28N4O.HI/c1-2-21-20(23-17-7-3-4-8-17)22-15-16-10-12-18(13-11-16)24-14-6-5-9-19(24)25;/h3-4,10-13,17H,2,5-9,14-15H2,1H3,(H2,21,22,23);1H. The Balaban J connectivity index is 0.00000243. The van der Waals surface area contributed by atoms with Gasteiger partial charge >= 0.3 is 0 Å². The van der Waals surface area contributed by atoms with Gasteiger partial charge in [0.2, 0.25) is 5.91 Å². The van der Waals surface area contributed by atoms with Crippen LogP contribution in [0.3, 0.4) is 0 Å². The number of benzene rings is 1. The lowest BCUT2D eigenvalue weighted by molar-refractivity contribution is -0.119. The molecule has 0 aromatic heterocycles. The number of anilines is 1. The third kappa shape index (κ3) is 5.72. The third-order valence-electron chi connectivity index (χ3n) is 4.68. The molecule has 2 N–H and O–H groups in total. The molecule has 0 bridgehead atoms. The summed E-state index contributed by atoms with van der Waals surface area (Å²) in [5.74, 6) is 1.10. The van der Waals surface area contributed by atoms with Crippen LogP contribution < -0.4 is 15.5 Å². The Labute approximate surface area is 173 Å². The van der Waals surface area contributed by atoms with Crippen LogP contribution in [0.25, 0.3) is 0 Å². The van der Waals surface area contributed by atoms with Crippen molar-refractivity contribution >= 4 is 41.5 Å². The van der Waals surface area contributed by atoms with E-state index in [0.29, 0.717) is 19.0 Å². The van der Waals surface area contributed by atoms with Crippen LogP contribution in [0.15, 0.2) is 41.4 Å². The molecule has 1 heterocycles. The van der Waals surface area contributed by atoms with Gasteiger partial charge in [-0.05, 0) is 50.3 Å². The van der Waals surface area contributed by atoms with Crippen molar-refractivity contribution in [1.29, 1.82) is 0 Å². The van der Waals surface area contributed by atoms with Crippen molar-refractivity contribution < 1.29 is 4.79 Å². The maximum absolute atomic E-state index is 12.0. The number of nitrogens with one attached hydrogen (secondary N) is 2. The van der Waals surface area contributed by atoms with Crippen LogP contribution >= 0.6 is 24.0 Å². The Morgan fingerprint density at radius 3 is 2.58 bits per heavy atom. The minimum Gasteiger partial charge on any atom is -0.357 e. The molecule has 0 spiro atoms. The smallest absolute Gasteiger partial charge is 0.226 e. The molecule has 0 atom stereocenters. The van der Waals surface area contributed by atoms with Gasteiger partial charge in [0.25, 0.3) is 0 Å². The van der Waals surface area contributed by atoms with E-state index in [4.69, 9.17) is 4.99 Å². The zero-order valence-electron chi connectivity index (χ0n) is 15.4. The summed E-state index contributed by atoms with van der Waals surface area (Å²) >= 11 is 0. The van der Waals surface area contributed by atoms with Gasteiger partial charge in [-0.15, -0.1) is 24.0 Å². The minimum absolute atomic E-state index is 0. The molecule has 1 aliphatic heterocycles. The lowest BCUT2D eigenvalue weighted by atomic mass is 10.1. The normalized spacial score (nSPS) is 18.0. The fraction of sp³-hybridized carbons (Fsp3) is 0.500. The highest BCUT2D eigenvalue weighted by atomic mass is 127. The summed E-state index contributed by atoms with van der Waals surface area (Å²) in [5, 5.41) is 6.79. The quantitative estimate of drug-likeness (QED) is 0.301. The highest BCUT2D eigenvalue weighted by molar-refractivity contribution is 14.0. The van der Waals surface area contributed by atoms with Crippen LogP contribution in [0, 0.1) is 0 Å². The fourth-order valence-electron chi connectivity index (χ4n) is 3.28. The largest absolute Gasteiger partial charge is 0.357 e. The molecule has 1 aromatic rings. The number of halogens is 1. The van der Waals surface area contributed by atoms with E-state index in [1.165, 1.54) is 0 Å². The van der Waals surface area contributed by atoms with E-state index in [2.05, 4.69) is 41.8 Å². The molecule has 142 valence electrons. The maximum atomic E-state index is 12.0. The number of nitrogens with zero attached hydrogens (tertiary/aromatic N) is 2. The average molecular weight is 468 g/mol. The van der Waals surface area contributed by atoms with E-state index in [0.717, 1.165) is 56.0 Å². The summed E-state index contributed by atoms with van der Waals surface area (Å²) in [7, 11) is 0. The van der Waals surface area contributed by atoms with Crippen molar-refractivity contribution in [1.82, 2.24) is 10.6 Å². The Morgan fingerprint density at radius 1 is 1.19 bits per heavy atom. The Morgan fingerprint density at radius 2 is 1.92 bits per heavy atom. The number of carbonyl (C=O) groups is 1. The van der Waals surface area contributed by atoms with Crippen molar-refractivity contribution in [3.05, 3.63) is 42.0 Å². The number of piperidine rings is 1. The molecule has 1 saturated heterocycles. The van der Waals surface area contributed by atoms with E-state index < -0.39 is 0 Å². The van der Waals surface area contributed by atoms with Crippen molar-refractivity contribution in [3.63, 3.8) is 0 Å². The molecule has 0 unspecified atom stereocenters. The van der Waals surface area contributed by atoms with E-state index in [9.17, 15) is 4.79 Å². The average Bonchev–Trinajstić information content (AvgIpc) is 3.14. The molecule has 1 fully saturated rings. The van der Waals surface area contributed by atoms with Crippen molar-refractivity contribution in [3.8, 4) is 0 Å². The van der Waals surface area contributed by atoms with Gasteiger partial charge in [-0.1, -0.05) is 24.3 Å². The topological polar surface area (TPSA) is 56.7 Å². The fourth-order valence-corrected chi connectivity index (χ4v) is 3.28. The summed E-state index contributed by atoms with van der Waals surface area (Å²) in [6.07, 6.45) is 9.31. The Kier molecular flexibility index (Phi) is 8.41. The summed E-state index contributed by atoms with van der Waals surface area (Å²) in [5.41, 5.74) is 2.15. The number of rotatable bonds is 5. The monoisotopic (exact) mass is 468 g/mol. The van der Waals surface area contributed by atoms with E-state index in [1.807, 2.05) is 17.0 Å². The second-order valence-corrected chi connectivity index (χ2v) is 6.65. The minimum atomic E-state index is 0. The predicted octanol–water partition coefficient (Wildman–Crippen LogP) is 3.60. The maximum Gasteiger partial charge on any atom is 0.226 e. The summed E-state index contributed by atoms with van der Waals surface area (Å²) in [4.78, 5) is 18.6. The molecule has 3 rings (SSSR count). The first-order valence-electron chi connectivity index (χ1n) is 9.35. The number of carbonyl (C=O) groups excluding carboxylic acids is 1. The Bertz CT molecular complexity index is 634. The Hall–Kier alpha value is -1.57. The summed E-state index contributed by atoms with van der Waals surface area (Å²) in [6.45, 7) is 4.39. The van der Waals surface area contributed by atoms with Crippen LogP contribution in [-0.2, 0) is 11.3 Å². The first-order valence-corrected chi connectivity index (χ1v) is 9.35. The first kappa shape index (κ1) is 20.7. The number of hydrogen-bond acceptors (Lipinski definition) is 2. The highest BCUT2D eigenvalue weighted by Gasteiger charge is 2.19. The summed E-state index contributed by atoms with van der Waals surface area (Å²) in [6, 6.07) is 8.67. The molecule has 1 aromatic carbocycles. The first-order chi connectivity index (χ1) is 12.3.